The smallest absolute Gasteiger partial charge is 0.305 e. The lowest BCUT2D eigenvalue weighted by molar-refractivity contribution is -0.122. The first kappa shape index (κ1) is 29.1. The number of ether oxygens (including phenoxy) is 1. The van der Waals surface area contributed by atoms with Crippen molar-refractivity contribution in [3.8, 4) is 5.75 Å². The van der Waals surface area contributed by atoms with Crippen molar-refractivity contribution in [3.63, 3.8) is 0 Å². The summed E-state index contributed by atoms with van der Waals surface area (Å²) in [4.78, 5) is 57.0. The van der Waals surface area contributed by atoms with Crippen LogP contribution in [0.2, 0.25) is 20.1 Å². The molecule has 2 aliphatic heterocycles. The Labute approximate surface area is 266 Å². The Balaban J connectivity index is 1.35. The Hall–Kier alpha value is -2.99. The van der Waals surface area contributed by atoms with E-state index < -0.39 is 34.8 Å². The van der Waals surface area contributed by atoms with Gasteiger partial charge >= 0.3 is 4.87 Å². The lowest BCUT2D eigenvalue weighted by atomic mass is 9.82. The third-order valence-electron chi connectivity index (χ3n) is 6.78. The van der Waals surface area contributed by atoms with Crippen LogP contribution >= 0.6 is 69.5 Å². The molecule has 0 unspecified atom stereocenters. The summed E-state index contributed by atoms with van der Waals surface area (Å²) in [5.74, 6) is -2.67. The second-order valence-corrected chi connectivity index (χ2v) is 13.2. The molecule has 2 N–H and O–H groups in total. The van der Waals surface area contributed by atoms with E-state index in [4.69, 9.17) is 51.1 Å². The van der Waals surface area contributed by atoms with E-state index in [-0.39, 0.29) is 22.3 Å². The number of fused-ring (bicyclic) bond motifs is 2. The van der Waals surface area contributed by atoms with Crippen LogP contribution in [-0.2, 0) is 14.4 Å². The van der Waals surface area contributed by atoms with Crippen molar-refractivity contribution in [2.24, 2.45) is 5.92 Å². The van der Waals surface area contributed by atoms with Gasteiger partial charge in [0.2, 0.25) is 11.8 Å². The number of rotatable bonds is 6. The number of aromatic amines is 1. The molecule has 3 atom stereocenters. The number of hydrogen-bond acceptors (Lipinski definition) is 7. The molecule has 4 aromatic rings. The van der Waals surface area contributed by atoms with Crippen LogP contribution in [0.25, 0.3) is 0 Å². The molecule has 0 radical (unpaired) electrons. The largest absolute Gasteiger partial charge is 0.483 e. The number of hydrogen-bond donors (Lipinski definition) is 2. The van der Waals surface area contributed by atoms with E-state index in [1.165, 1.54) is 6.07 Å². The van der Waals surface area contributed by atoms with Crippen LogP contribution in [-0.4, -0.2) is 34.6 Å². The molecule has 1 aromatic heterocycles. The monoisotopic (exact) mass is 679 g/mol. The van der Waals surface area contributed by atoms with E-state index in [2.05, 4.69) is 10.3 Å². The SMILES string of the molecule is O=C(COc1ccc(Cl)cc1[C@@H]1c2sc(=O)[nH]c2S[C@H]2C(=O)N(c3ccc(Cl)cc3)C(=O)[C@@H]12)Nc1ccc(Cl)c(Cl)c1. The number of benzene rings is 3. The molecule has 0 bridgehead atoms. The van der Waals surface area contributed by atoms with Gasteiger partial charge in [0.1, 0.15) is 11.0 Å². The number of carbonyl (C=O) groups excluding carboxylic acids is 3. The minimum absolute atomic E-state index is 0.274. The van der Waals surface area contributed by atoms with Gasteiger partial charge in [-0.05, 0) is 60.7 Å². The van der Waals surface area contributed by atoms with Crippen LogP contribution in [0.3, 0.4) is 0 Å². The summed E-state index contributed by atoms with van der Waals surface area (Å²) in [6, 6.07) is 15.9. The van der Waals surface area contributed by atoms with Gasteiger partial charge in [-0.1, -0.05) is 69.5 Å². The summed E-state index contributed by atoms with van der Waals surface area (Å²) in [5, 5.41) is 3.82. The van der Waals surface area contributed by atoms with Gasteiger partial charge in [-0.2, -0.15) is 0 Å². The van der Waals surface area contributed by atoms with Crippen molar-refractivity contribution in [1.29, 1.82) is 0 Å². The Morgan fingerprint density at radius 3 is 2.38 bits per heavy atom. The maximum atomic E-state index is 14.0. The standard InChI is InChI=1S/C28H17Cl4N3O5S2/c29-12-1-5-15(6-2-12)35-26(37)22-21(23-25(34-28(39)42-23)41-24(22)27(35)38)16-9-13(30)3-8-19(16)40-11-20(36)33-14-4-7-17(31)18(32)10-14/h1-10,21-22,24H,11H2,(H,33,36)(H,34,39)/t21-,22-,24+/m0/s1. The number of anilines is 2. The van der Waals surface area contributed by atoms with Crippen molar-refractivity contribution in [2.75, 3.05) is 16.8 Å². The number of nitrogens with one attached hydrogen (secondary N) is 2. The Morgan fingerprint density at radius 1 is 0.905 bits per heavy atom. The Morgan fingerprint density at radius 2 is 1.64 bits per heavy atom. The number of halogens is 4. The maximum absolute atomic E-state index is 14.0. The maximum Gasteiger partial charge on any atom is 0.305 e. The van der Waals surface area contributed by atoms with Gasteiger partial charge in [0.15, 0.2) is 6.61 Å². The molecule has 2 aliphatic rings. The van der Waals surface area contributed by atoms with Gasteiger partial charge in [-0.25, -0.2) is 4.90 Å². The summed E-state index contributed by atoms with van der Waals surface area (Å²) < 4.78 is 5.95. The van der Waals surface area contributed by atoms with Crippen LogP contribution in [0.5, 0.6) is 5.75 Å². The number of nitrogens with zero attached hydrogens (tertiary/aromatic N) is 1. The molecular formula is C28H17Cl4N3O5S2. The van der Waals surface area contributed by atoms with Gasteiger partial charge in [0.05, 0.1) is 26.7 Å². The number of thioether (sulfide) groups is 1. The first-order valence-electron chi connectivity index (χ1n) is 12.3. The van der Waals surface area contributed by atoms with Gasteiger partial charge in [-0.15, -0.1) is 0 Å². The molecule has 42 heavy (non-hydrogen) atoms. The predicted molar refractivity (Wildman–Crippen MR) is 166 cm³/mol. The Bertz CT molecular complexity index is 1810. The normalized spacial score (nSPS) is 19.4. The van der Waals surface area contributed by atoms with E-state index in [0.29, 0.717) is 41.9 Å². The second-order valence-electron chi connectivity index (χ2n) is 9.39. The number of carbonyl (C=O) groups is 3. The third kappa shape index (κ3) is 5.43. The number of H-pyrrole nitrogens is 1. The molecule has 8 nitrogen and oxygen atoms in total. The fourth-order valence-corrected chi connectivity index (χ4v) is 8.12. The van der Waals surface area contributed by atoms with Gasteiger partial charge < -0.3 is 15.0 Å². The van der Waals surface area contributed by atoms with E-state index in [1.54, 1.807) is 54.6 Å². The number of imide groups is 1. The fraction of sp³-hybridized carbons (Fsp3) is 0.143. The Kier molecular flexibility index (Phi) is 8.03. The first-order valence-corrected chi connectivity index (χ1v) is 15.5. The lowest BCUT2D eigenvalue weighted by Gasteiger charge is -2.31. The molecule has 214 valence electrons. The highest BCUT2D eigenvalue weighted by atomic mass is 35.5. The summed E-state index contributed by atoms with van der Waals surface area (Å²) in [5.41, 5.74) is 1.29. The molecule has 1 fully saturated rings. The molecule has 3 aromatic carbocycles. The van der Waals surface area contributed by atoms with Crippen molar-refractivity contribution in [3.05, 3.63) is 101 Å². The zero-order valence-corrected chi connectivity index (χ0v) is 25.7. The van der Waals surface area contributed by atoms with Crippen molar-refractivity contribution in [2.45, 2.75) is 16.2 Å². The molecule has 3 heterocycles. The first-order chi connectivity index (χ1) is 20.1. The minimum Gasteiger partial charge on any atom is -0.483 e. The van der Waals surface area contributed by atoms with E-state index in [9.17, 15) is 19.2 Å². The highest BCUT2D eigenvalue weighted by molar-refractivity contribution is 8.00. The summed E-state index contributed by atoms with van der Waals surface area (Å²) in [6.45, 7) is -0.384. The average molecular weight is 681 g/mol. The van der Waals surface area contributed by atoms with Crippen LogP contribution in [0.15, 0.2) is 70.5 Å². The van der Waals surface area contributed by atoms with E-state index in [1.807, 2.05) is 0 Å². The average Bonchev–Trinajstić information content (AvgIpc) is 3.44. The van der Waals surface area contributed by atoms with Gasteiger partial charge in [0, 0.05) is 32.1 Å². The fourth-order valence-electron chi connectivity index (χ4n) is 5.00. The second kappa shape index (κ2) is 11.6. The molecule has 14 heteroatoms. The summed E-state index contributed by atoms with van der Waals surface area (Å²) >= 11 is 26.5. The molecular weight excluding hydrogens is 664 g/mol. The zero-order valence-electron chi connectivity index (χ0n) is 21.0. The van der Waals surface area contributed by atoms with Gasteiger partial charge in [0.25, 0.3) is 5.91 Å². The molecule has 1 saturated heterocycles. The lowest BCUT2D eigenvalue weighted by Crippen LogP contribution is -2.32. The topological polar surface area (TPSA) is 109 Å². The minimum atomic E-state index is -0.872. The van der Waals surface area contributed by atoms with Crippen LogP contribution in [0.1, 0.15) is 16.4 Å². The molecule has 3 amide bonds. The molecule has 0 saturated carbocycles. The van der Waals surface area contributed by atoms with E-state index >= 15 is 0 Å². The zero-order chi connectivity index (χ0) is 29.7. The van der Waals surface area contributed by atoms with Crippen molar-refractivity contribution in [1.82, 2.24) is 4.98 Å². The number of thiazole rings is 1. The highest BCUT2D eigenvalue weighted by Gasteiger charge is 2.56. The van der Waals surface area contributed by atoms with Crippen molar-refractivity contribution >= 4 is 98.6 Å². The molecule has 0 spiro atoms. The molecule has 6 rings (SSSR count). The predicted octanol–water partition coefficient (Wildman–Crippen LogP) is 6.86. The highest BCUT2D eigenvalue weighted by Crippen LogP contribution is 2.54. The van der Waals surface area contributed by atoms with Crippen LogP contribution < -0.4 is 19.8 Å². The van der Waals surface area contributed by atoms with Crippen LogP contribution in [0, 0.1) is 5.92 Å². The van der Waals surface area contributed by atoms with Gasteiger partial charge in [-0.3, -0.25) is 19.2 Å². The third-order valence-corrected chi connectivity index (χ3v) is 10.4. The van der Waals surface area contributed by atoms with Crippen molar-refractivity contribution < 1.29 is 19.1 Å². The van der Waals surface area contributed by atoms with E-state index in [0.717, 1.165) is 28.0 Å². The number of amides is 3. The number of aromatic nitrogens is 1. The summed E-state index contributed by atoms with van der Waals surface area (Å²) in [6.07, 6.45) is 0. The summed E-state index contributed by atoms with van der Waals surface area (Å²) in [7, 11) is 0. The quantitative estimate of drug-likeness (QED) is 0.215. The molecule has 0 aliphatic carbocycles. The van der Waals surface area contributed by atoms with Crippen LogP contribution in [0.4, 0.5) is 11.4 Å².